The van der Waals surface area contributed by atoms with Gasteiger partial charge < -0.3 is 10.2 Å². The lowest BCUT2D eigenvalue weighted by molar-refractivity contribution is -0.120. The molecule has 2 aliphatic heterocycles. The Morgan fingerprint density at radius 3 is 2.68 bits per heavy atom. The van der Waals surface area contributed by atoms with Crippen LogP contribution in [0.15, 0.2) is 60.8 Å². The first-order valence-electron chi connectivity index (χ1n) is 9.73. The highest BCUT2D eigenvalue weighted by Crippen LogP contribution is 2.30. The number of urea groups is 1. The Morgan fingerprint density at radius 1 is 1.06 bits per heavy atom. The van der Waals surface area contributed by atoms with Gasteiger partial charge in [0.15, 0.2) is 0 Å². The molecule has 3 aromatic rings. The van der Waals surface area contributed by atoms with E-state index in [9.17, 15) is 18.8 Å². The molecule has 5 rings (SSSR count). The molecule has 4 amide bonds. The predicted octanol–water partition coefficient (Wildman–Crippen LogP) is 2.92. The van der Waals surface area contributed by atoms with Crippen molar-refractivity contribution in [1.29, 1.82) is 0 Å². The highest BCUT2D eigenvalue weighted by Gasteiger charge is 2.34. The SMILES string of the molecule is O=C1NC(=O)C(c2ccc(-c3ccccn3)cc2CN2Cc3ccc(F)cc3C2=O)N1. The first-order valence-corrected chi connectivity index (χ1v) is 9.73. The van der Waals surface area contributed by atoms with E-state index in [0.717, 1.165) is 16.8 Å². The quantitative estimate of drug-likeness (QED) is 0.640. The largest absolute Gasteiger partial charge is 0.330 e. The average molecular weight is 416 g/mol. The van der Waals surface area contributed by atoms with Crippen LogP contribution in [0.2, 0.25) is 0 Å². The van der Waals surface area contributed by atoms with Crippen LogP contribution in [-0.4, -0.2) is 27.7 Å². The molecule has 3 heterocycles. The van der Waals surface area contributed by atoms with Crippen LogP contribution < -0.4 is 10.6 Å². The number of rotatable bonds is 4. The van der Waals surface area contributed by atoms with Crippen molar-refractivity contribution < 1.29 is 18.8 Å². The zero-order valence-corrected chi connectivity index (χ0v) is 16.3. The monoisotopic (exact) mass is 416 g/mol. The highest BCUT2D eigenvalue weighted by atomic mass is 19.1. The molecule has 1 fully saturated rings. The van der Waals surface area contributed by atoms with E-state index in [1.54, 1.807) is 23.2 Å². The van der Waals surface area contributed by atoms with Gasteiger partial charge in [0.25, 0.3) is 11.8 Å². The van der Waals surface area contributed by atoms with Crippen molar-refractivity contribution in [3.8, 4) is 11.3 Å². The van der Waals surface area contributed by atoms with Gasteiger partial charge in [-0.25, -0.2) is 9.18 Å². The number of pyridine rings is 1. The van der Waals surface area contributed by atoms with Crippen LogP contribution in [-0.2, 0) is 17.9 Å². The van der Waals surface area contributed by atoms with E-state index in [1.165, 1.54) is 12.1 Å². The first kappa shape index (κ1) is 18.9. The molecule has 2 aliphatic rings. The van der Waals surface area contributed by atoms with E-state index < -0.39 is 23.8 Å². The van der Waals surface area contributed by atoms with E-state index >= 15 is 0 Å². The fourth-order valence-electron chi connectivity index (χ4n) is 4.02. The second kappa shape index (κ2) is 7.32. The fourth-order valence-corrected chi connectivity index (χ4v) is 4.02. The van der Waals surface area contributed by atoms with E-state index in [1.807, 2.05) is 30.3 Å². The molecule has 0 saturated carbocycles. The number of halogens is 1. The minimum Gasteiger partial charge on any atom is -0.330 e. The number of carbonyl (C=O) groups excluding carboxylic acids is 3. The third-order valence-corrected chi connectivity index (χ3v) is 5.50. The van der Waals surface area contributed by atoms with Gasteiger partial charge in [-0.3, -0.25) is 19.9 Å². The average Bonchev–Trinajstić information content (AvgIpc) is 3.27. The number of amides is 4. The van der Waals surface area contributed by atoms with Crippen molar-refractivity contribution in [3.05, 3.63) is 88.9 Å². The van der Waals surface area contributed by atoms with Crippen LogP contribution >= 0.6 is 0 Å². The summed E-state index contributed by atoms with van der Waals surface area (Å²) in [6.07, 6.45) is 1.68. The van der Waals surface area contributed by atoms with Crippen LogP contribution in [0.3, 0.4) is 0 Å². The topological polar surface area (TPSA) is 91.4 Å². The Bertz CT molecular complexity index is 1230. The predicted molar refractivity (Wildman–Crippen MR) is 109 cm³/mol. The van der Waals surface area contributed by atoms with Crippen LogP contribution in [0.25, 0.3) is 11.3 Å². The van der Waals surface area contributed by atoms with Crippen molar-refractivity contribution >= 4 is 17.8 Å². The molecule has 0 spiro atoms. The third kappa shape index (κ3) is 3.42. The van der Waals surface area contributed by atoms with Gasteiger partial charge in [0.2, 0.25) is 0 Å². The molecule has 2 N–H and O–H groups in total. The summed E-state index contributed by atoms with van der Waals surface area (Å²) in [6, 6.07) is 13.8. The fraction of sp³-hybridized carbons (Fsp3) is 0.130. The normalized spacial score (nSPS) is 17.5. The molecule has 154 valence electrons. The molecular formula is C23H17FN4O3. The molecule has 0 bridgehead atoms. The Hall–Kier alpha value is -4.07. The van der Waals surface area contributed by atoms with Crippen molar-refractivity contribution in [2.24, 2.45) is 0 Å². The summed E-state index contributed by atoms with van der Waals surface area (Å²) in [7, 11) is 0. The Balaban J connectivity index is 1.53. The van der Waals surface area contributed by atoms with Crippen molar-refractivity contribution in [3.63, 3.8) is 0 Å². The standard InChI is InChI=1S/C23H17FN4O3/c24-16-6-4-14-11-28(22(30)18(14)10-16)12-15-9-13(19-3-1-2-8-25-19)5-7-17(15)20-21(29)27-23(31)26-20/h1-10,20H,11-12H2,(H2,26,27,29,31). The summed E-state index contributed by atoms with van der Waals surface area (Å²) in [5.74, 6) is -1.18. The summed E-state index contributed by atoms with van der Waals surface area (Å²) in [5, 5.41) is 4.85. The van der Waals surface area contributed by atoms with E-state index in [0.29, 0.717) is 23.2 Å². The maximum atomic E-state index is 13.6. The molecule has 0 aliphatic carbocycles. The Morgan fingerprint density at radius 2 is 1.94 bits per heavy atom. The van der Waals surface area contributed by atoms with Gasteiger partial charge in [-0.2, -0.15) is 0 Å². The first-order chi connectivity index (χ1) is 15.0. The number of hydrogen-bond acceptors (Lipinski definition) is 4. The van der Waals surface area contributed by atoms with Crippen LogP contribution in [0.1, 0.15) is 33.1 Å². The summed E-state index contributed by atoms with van der Waals surface area (Å²) < 4.78 is 13.6. The molecule has 2 aromatic carbocycles. The van der Waals surface area contributed by atoms with E-state index in [2.05, 4.69) is 15.6 Å². The molecule has 0 radical (unpaired) electrons. The summed E-state index contributed by atoms with van der Waals surface area (Å²) in [5.41, 5.74) is 3.95. The number of fused-ring (bicyclic) bond motifs is 1. The van der Waals surface area contributed by atoms with Gasteiger partial charge in [-0.1, -0.05) is 24.3 Å². The summed E-state index contributed by atoms with van der Waals surface area (Å²) in [6.45, 7) is 0.537. The lowest BCUT2D eigenvalue weighted by Crippen LogP contribution is -2.26. The molecule has 1 aromatic heterocycles. The number of hydrogen-bond donors (Lipinski definition) is 2. The minimum atomic E-state index is -0.849. The van der Waals surface area contributed by atoms with Gasteiger partial charge >= 0.3 is 6.03 Å². The second-order valence-electron chi connectivity index (χ2n) is 7.49. The molecule has 1 unspecified atom stereocenters. The lowest BCUT2D eigenvalue weighted by Gasteiger charge is -2.21. The van der Waals surface area contributed by atoms with Crippen LogP contribution in [0, 0.1) is 5.82 Å². The maximum absolute atomic E-state index is 13.6. The number of carbonyl (C=O) groups is 3. The van der Waals surface area contributed by atoms with Gasteiger partial charge in [0.1, 0.15) is 11.9 Å². The van der Waals surface area contributed by atoms with Gasteiger partial charge in [-0.15, -0.1) is 0 Å². The number of nitrogens with one attached hydrogen (secondary N) is 2. The smallest absolute Gasteiger partial charge is 0.322 e. The highest BCUT2D eigenvalue weighted by molar-refractivity contribution is 6.04. The molecule has 7 nitrogen and oxygen atoms in total. The van der Waals surface area contributed by atoms with Crippen molar-refractivity contribution in [2.75, 3.05) is 0 Å². The van der Waals surface area contributed by atoms with Crippen LogP contribution in [0.4, 0.5) is 9.18 Å². The molecule has 31 heavy (non-hydrogen) atoms. The zero-order valence-electron chi connectivity index (χ0n) is 16.3. The van der Waals surface area contributed by atoms with Crippen molar-refractivity contribution in [1.82, 2.24) is 20.5 Å². The Labute approximate surface area is 176 Å². The molecule has 1 saturated heterocycles. The van der Waals surface area contributed by atoms with Crippen LogP contribution in [0.5, 0.6) is 0 Å². The number of aromatic nitrogens is 1. The summed E-state index contributed by atoms with van der Waals surface area (Å²) in [4.78, 5) is 42.8. The Kier molecular flexibility index (Phi) is 4.47. The summed E-state index contributed by atoms with van der Waals surface area (Å²) >= 11 is 0. The second-order valence-corrected chi connectivity index (χ2v) is 7.49. The molecular weight excluding hydrogens is 399 g/mol. The molecule has 1 atom stereocenters. The number of nitrogens with zero attached hydrogens (tertiary/aromatic N) is 2. The van der Waals surface area contributed by atoms with Gasteiger partial charge in [-0.05, 0) is 47.0 Å². The van der Waals surface area contributed by atoms with Gasteiger partial charge in [0, 0.05) is 30.4 Å². The van der Waals surface area contributed by atoms with Crippen molar-refractivity contribution in [2.45, 2.75) is 19.1 Å². The minimum absolute atomic E-state index is 0.199. The third-order valence-electron chi connectivity index (χ3n) is 5.50. The zero-order chi connectivity index (χ0) is 21.5. The van der Waals surface area contributed by atoms with Gasteiger partial charge in [0.05, 0.1) is 5.69 Å². The number of imide groups is 1. The van der Waals surface area contributed by atoms with E-state index in [-0.39, 0.29) is 12.5 Å². The maximum Gasteiger partial charge on any atom is 0.322 e. The lowest BCUT2D eigenvalue weighted by atomic mass is 9.96. The molecule has 8 heteroatoms. The number of benzene rings is 2. The van der Waals surface area contributed by atoms with E-state index in [4.69, 9.17) is 0 Å².